The van der Waals surface area contributed by atoms with Crippen LogP contribution in [0.3, 0.4) is 0 Å². The summed E-state index contributed by atoms with van der Waals surface area (Å²) in [5, 5.41) is 19.6. The zero-order chi connectivity index (χ0) is 14.6. The van der Waals surface area contributed by atoms with Crippen molar-refractivity contribution in [3.05, 3.63) is 12.7 Å². The highest BCUT2D eigenvalue weighted by Gasteiger charge is 2.68. The molecular weight excluding hydrogens is 254 g/mol. The molecule has 4 saturated carbocycles. The number of hydrogen-bond donors (Lipinski definition) is 1. The highest BCUT2D eigenvalue weighted by atomic mass is 16.6. The Morgan fingerprint density at radius 3 is 2.70 bits per heavy atom. The molecule has 0 aromatic heterocycles. The van der Waals surface area contributed by atoms with Gasteiger partial charge in [-0.1, -0.05) is 13.5 Å². The first-order chi connectivity index (χ1) is 9.32. The zero-order valence-electron chi connectivity index (χ0n) is 11.9. The molecule has 0 heterocycles. The van der Waals surface area contributed by atoms with E-state index in [1.807, 2.05) is 0 Å². The van der Waals surface area contributed by atoms with Crippen molar-refractivity contribution in [1.82, 2.24) is 0 Å². The number of hydrogen-bond acceptors (Lipinski definition) is 4. The van der Waals surface area contributed by atoms with Crippen LogP contribution in [-0.4, -0.2) is 23.3 Å². The van der Waals surface area contributed by atoms with Gasteiger partial charge in [0.05, 0.1) is 11.5 Å². The van der Waals surface area contributed by atoms with Crippen molar-refractivity contribution in [2.75, 3.05) is 6.61 Å². The first-order valence-corrected chi connectivity index (χ1v) is 7.20. The lowest BCUT2D eigenvalue weighted by Crippen LogP contribution is -2.65. The fourth-order valence-corrected chi connectivity index (χ4v) is 5.92. The molecule has 20 heavy (non-hydrogen) atoms. The Morgan fingerprint density at radius 1 is 1.35 bits per heavy atom. The van der Waals surface area contributed by atoms with Gasteiger partial charge in [0, 0.05) is 19.1 Å². The van der Waals surface area contributed by atoms with Crippen LogP contribution in [0, 0.1) is 27.6 Å². The Kier molecular flexibility index (Phi) is 2.63. The molecule has 4 unspecified atom stereocenters. The number of carbonyl (C=O) groups is 1. The van der Waals surface area contributed by atoms with E-state index in [2.05, 4.69) is 19.6 Å². The molecule has 108 valence electrons. The van der Waals surface area contributed by atoms with Crippen LogP contribution in [0.1, 0.15) is 45.4 Å². The number of carbonyl (C=O) groups excluding carboxylic acids is 1. The van der Waals surface area contributed by atoms with Crippen LogP contribution >= 0.6 is 0 Å². The predicted octanol–water partition coefficient (Wildman–Crippen LogP) is 2.33. The standard InChI is InChI=1S/C16H21NO3/c1-3-12(19)20-16-6-13(2)4-14(8-16,10-17)7-15(5-13,9-16)11-18/h3,18H,1,4-9,11H2,2H3. The van der Waals surface area contributed by atoms with E-state index in [1.54, 1.807) is 0 Å². The maximum Gasteiger partial charge on any atom is 0.330 e. The smallest absolute Gasteiger partial charge is 0.330 e. The van der Waals surface area contributed by atoms with E-state index >= 15 is 0 Å². The van der Waals surface area contributed by atoms with Gasteiger partial charge < -0.3 is 9.84 Å². The van der Waals surface area contributed by atoms with Crippen LogP contribution in [0.4, 0.5) is 0 Å². The van der Waals surface area contributed by atoms with Crippen LogP contribution in [0.25, 0.3) is 0 Å². The molecule has 4 atom stereocenters. The molecule has 4 nitrogen and oxygen atoms in total. The van der Waals surface area contributed by atoms with Crippen LogP contribution in [0.5, 0.6) is 0 Å². The summed E-state index contributed by atoms with van der Waals surface area (Å²) in [4.78, 5) is 11.7. The highest BCUT2D eigenvalue weighted by Crippen LogP contribution is 2.71. The van der Waals surface area contributed by atoms with Crippen molar-refractivity contribution in [3.63, 3.8) is 0 Å². The fraction of sp³-hybridized carbons (Fsp3) is 0.750. The Bertz CT molecular complexity index is 524. The second-order valence-corrected chi connectivity index (χ2v) is 7.73. The molecule has 0 aromatic rings. The minimum atomic E-state index is -0.590. The molecule has 0 spiro atoms. The number of rotatable bonds is 3. The van der Waals surface area contributed by atoms with Gasteiger partial charge in [-0.15, -0.1) is 0 Å². The van der Waals surface area contributed by atoms with E-state index in [4.69, 9.17) is 4.74 Å². The molecule has 4 aliphatic carbocycles. The van der Waals surface area contributed by atoms with Gasteiger partial charge in [0.1, 0.15) is 5.60 Å². The fourth-order valence-electron chi connectivity index (χ4n) is 5.92. The number of nitriles is 1. The third-order valence-electron chi connectivity index (χ3n) is 5.44. The summed E-state index contributed by atoms with van der Waals surface area (Å²) < 4.78 is 5.70. The van der Waals surface area contributed by atoms with Crippen LogP contribution in [-0.2, 0) is 9.53 Å². The van der Waals surface area contributed by atoms with Gasteiger partial charge >= 0.3 is 5.97 Å². The maximum atomic E-state index is 11.7. The summed E-state index contributed by atoms with van der Waals surface area (Å²) in [5.74, 6) is -0.420. The number of nitrogens with zero attached hydrogens (tertiary/aromatic N) is 1. The lowest BCUT2D eigenvalue weighted by atomic mass is 9.39. The highest BCUT2D eigenvalue weighted by molar-refractivity contribution is 5.81. The normalized spacial score (nSPS) is 48.6. The Balaban J connectivity index is 2.04. The summed E-state index contributed by atoms with van der Waals surface area (Å²) in [6, 6.07) is 2.48. The molecule has 0 aliphatic heterocycles. The SMILES string of the molecule is C=CC(=O)OC12CC3(C)CC(C#N)(CC(CO)(C3)C1)C2. The molecule has 4 aliphatic rings. The third-order valence-corrected chi connectivity index (χ3v) is 5.44. The van der Waals surface area contributed by atoms with Gasteiger partial charge in [0.15, 0.2) is 0 Å². The van der Waals surface area contributed by atoms with Crippen molar-refractivity contribution in [1.29, 1.82) is 5.26 Å². The van der Waals surface area contributed by atoms with Crippen molar-refractivity contribution in [2.24, 2.45) is 16.2 Å². The van der Waals surface area contributed by atoms with Gasteiger partial charge in [0.25, 0.3) is 0 Å². The Hall–Kier alpha value is -1.34. The largest absolute Gasteiger partial charge is 0.456 e. The summed E-state index contributed by atoms with van der Waals surface area (Å²) in [6.45, 7) is 5.70. The quantitative estimate of drug-likeness (QED) is 0.634. The zero-order valence-corrected chi connectivity index (χ0v) is 11.9. The Morgan fingerprint density at radius 2 is 2.10 bits per heavy atom. The summed E-state index contributed by atoms with van der Waals surface area (Å²) in [6.07, 6.45) is 5.77. The molecule has 4 rings (SSSR count). The van der Waals surface area contributed by atoms with E-state index in [0.29, 0.717) is 12.8 Å². The van der Waals surface area contributed by atoms with E-state index in [9.17, 15) is 15.2 Å². The first-order valence-electron chi connectivity index (χ1n) is 7.20. The van der Waals surface area contributed by atoms with Gasteiger partial charge in [-0.3, -0.25) is 0 Å². The average Bonchev–Trinajstić information content (AvgIpc) is 2.35. The van der Waals surface area contributed by atoms with Crippen molar-refractivity contribution >= 4 is 5.97 Å². The minimum Gasteiger partial charge on any atom is -0.456 e. The van der Waals surface area contributed by atoms with E-state index in [1.165, 1.54) is 6.08 Å². The molecule has 0 radical (unpaired) electrons. The van der Waals surface area contributed by atoms with Crippen LogP contribution in [0.2, 0.25) is 0 Å². The number of aliphatic hydroxyl groups is 1. The average molecular weight is 275 g/mol. The van der Waals surface area contributed by atoms with Gasteiger partial charge in [-0.05, 0) is 42.9 Å². The predicted molar refractivity (Wildman–Crippen MR) is 72.4 cm³/mol. The van der Waals surface area contributed by atoms with Crippen molar-refractivity contribution in [3.8, 4) is 6.07 Å². The lowest BCUT2D eigenvalue weighted by molar-refractivity contribution is -0.236. The Labute approximate surface area is 119 Å². The summed E-state index contributed by atoms with van der Waals surface area (Å²) in [5.41, 5.74) is -1.32. The molecule has 0 saturated heterocycles. The topological polar surface area (TPSA) is 70.3 Å². The van der Waals surface area contributed by atoms with Gasteiger partial charge in [-0.2, -0.15) is 5.26 Å². The molecule has 0 aromatic carbocycles. The van der Waals surface area contributed by atoms with Gasteiger partial charge in [-0.25, -0.2) is 4.79 Å². The van der Waals surface area contributed by atoms with Crippen LogP contribution < -0.4 is 0 Å². The van der Waals surface area contributed by atoms with E-state index in [-0.39, 0.29) is 17.4 Å². The second-order valence-electron chi connectivity index (χ2n) is 7.73. The molecule has 4 heteroatoms. The summed E-state index contributed by atoms with van der Waals surface area (Å²) >= 11 is 0. The first kappa shape index (κ1) is 13.6. The number of ether oxygens (including phenoxy) is 1. The number of esters is 1. The van der Waals surface area contributed by atoms with Crippen molar-refractivity contribution < 1.29 is 14.6 Å². The molecule has 4 fully saturated rings. The minimum absolute atomic E-state index is 0.0192. The molecular formula is C16H21NO3. The van der Waals surface area contributed by atoms with Crippen molar-refractivity contribution in [2.45, 2.75) is 51.0 Å². The molecule has 4 bridgehead atoms. The third kappa shape index (κ3) is 1.80. The lowest BCUT2D eigenvalue weighted by Gasteiger charge is -2.67. The monoisotopic (exact) mass is 275 g/mol. The maximum absolute atomic E-state index is 11.7. The van der Waals surface area contributed by atoms with E-state index in [0.717, 1.165) is 25.7 Å². The molecule has 1 N–H and O–H groups in total. The van der Waals surface area contributed by atoms with Crippen LogP contribution in [0.15, 0.2) is 12.7 Å². The molecule has 0 amide bonds. The number of aliphatic hydroxyl groups excluding tert-OH is 1. The van der Waals surface area contributed by atoms with Gasteiger partial charge in [0.2, 0.25) is 0 Å². The summed E-state index contributed by atoms with van der Waals surface area (Å²) in [7, 11) is 0. The second kappa shape index (κ2) is 3.85. The van der Waals surface area contributed by atoms with E-state index < -0.39 is 17.0 Å².